The smallest absolute Gasteiger partial charge is 0.309 e. The summed E-state index contributed by atoms with van der Waals surface area (Å²) in [6.45, 7) is 14.8. The molecule has 4 atom stereocenters. The highest BCUT2D eigenvalue weighted by atomic mass is 32.2. The standard InChI is InChI=1S/C30H44B2O4S/c1-27(2,33)29(5,6)35-31-20-16-19(17-21(18-20)32-36-30(7,8)28(3,4)34)22-13-11-14-24-23-12-9-10-15-25(23)37-26(22)24/h9,11-14,16-18,23-26,31-34H,10,15H2,1-8H3. The lowest BCUT2D eigenvalue weighted by Gasteiger charge is -2.38. The van der Waals surface area contributed by atoms with Gasteiger partial charge in [0.05, 0.1) is 22.4 Å². The number of hydrogen-bond acceptors (Lipinski definition) is 5. The second-order valence-corrected chi connectivity index (χ2v) is 14.4. The van der Waals surface area contributed by atoms with Crippen LogP contribution in [0.3, 0.4) is 0 Å². The fourth-order valence-electron chi connectivity index (χ4n) is 4.98. The molecule has 1 aromatic rings. The van der Waals surface area contributed by atoms with Crippen molar-refractivity contribution in [2.24, 2.45) is 11.8 Å². The van der Waals surface area contributed by atoms with Crippen molar-refractivity contribution in [3.63, 3.8) is 0 Å². The van der Waals surface area contributed by atoms with Gasteiger partial charge >= 0.3 is 15.0 Å². The third kappa shape index (κ3) is 6.17. The summed E-state index contributed by atoms with van der Waals surface area (Å²) in [6, 6.07) is 6.61. The van der Waals surface area contributed by atoms with Crippen molar-refractivity contribution >= 4 is 43.2 Å². The molecule has 1 aromatic carbocycles. The van der Waals surface area contributed by atoms with Gasteiger partial charge in [0, 0.05) is 16.4 Å². The summed E-state index contributed by atoms with van der Waals surface area (Å²) in [5, 5.41) is 22.3. The normalized spacial score (nSPS) is 25.9. The summed E-state index contributed by atoms with van der Waals surface area (Å²) in [6.07, 6.45) is 14.1. The maximum Gasteiger partial charge on any atom is 0.309 e. The zero-order valence-electron chi connectivity index (χ0n) is 23.9. The lowest BCUT2D eigenvalue weighted by atomic mass is 9.73. The van der Waals surface area contributed by atoms with Gasteiger partial charge in [-0.3, -0.25) is 0 Å². The Hall–Kier alpha value is -1.24. The van der Waals surface area contributed by atoms with Crippen LogP contribution in [0.2, 0.25) is 0 Å². The lowest BCUT2D eigenvalue weighted by molar-refractivity contribution is -0.0894. The molecule has 0 bridgehead atoms. The first-order valence-electron chi connectivity index (χ1n) is 13.7. The van der Waals surface area contributed by atoms with Crippen LogP contribution in [0.5, 0.6) is 0 Å². The van der Waals surface area contributed by atoms with Crippen molar-refractivity contribution in [2.75, 3.05) is 0 Å². The quantitative estimate of drug-likeness (QED) is 0.382. The minimum absolute atomic E-state index is 0.394. The summed E-state index contributed by atoms with van der Waals surface area (Å²) < 4.78 is 12.5. The molecule has 4 nitrogen and oxygen atoms in total. The summed E-state index contributed by atoms with van der Waals surface area (Å²) in [4.78, 5) is 0. The number of fused-ring (bicyclic) bond motifs is 3. The van der Waals surface area contributed by atoms with Crippen LogP contribution in [-0.4, -0.2) is 58.1 Å². The zero-order chi connectivity index (χ0) is 27.2. The first-order valence-corrected chi connectivity index (χ1v) is 14.6. The zero-order valence-corrected chi connectivity index (χ0v) is 24.7. The van der Waals surface area contributed by atoms with Crippen LogP contribution in [0.25, 0.3) is 5.57 Å². The van der Waals surface area contributed by atoms with E-state index in [9.17, 15) is 10.2 Å². The molecule has 1 heterocycles. The molecule has 1 aliphatic heterocycles. The third-order valence-electron chi connectivity index (χ3n) is 8.97. The van der Waals surface area contributed by atoms with Gasteiger partial charge in [0.25, 0.3) is 0 Å². The van der Waals surface area contributed by atoms with E-state index in [1.165, 1.54) is 24.0 Å². The Bertz CT molecular complexity index is 1030. The maximum atomic E-state index is 10.6. The molecule has 1 saturated heterocycles. The average molecular weight is 522 g/mol. The van der Waals surface area contributed by atoms with E-state index >= 15 is 0 Å². The predicted molar refractivity (Wildman–Crippen MR) is 161 cm³/mol. The topological polar surface area (TPSA) is 58.9 Å². The van der Waals surface area contributed by atoms with Crippen LogP contribution in [0.15, 0.2) is 48.6 Å². The van der Waals surface area contributed by atoms with Gasteiger partial charge in [-0.05, 0) is 85.3 Å². The number of benzene rings is 1. The van der Waals surface area contributed by atoms with Gasteiger partial charge in [-0.1, -0.05) is 59.5 Å². The number of hydrogen-bond donors (Lipinski definition) is 2. The maximum absolute atomic E-state index is 10.6. The van der Waals surface area contributed by atoms with Gasteiger partial charge < -0.3 is 19.5 Å². The molecular weight excluding hydrogens is 478 g/mol. The van der Waals surface area contributed by atoms with Crippen molar-refractivity contribution in [2.45, 2.75) is 101 Å². The summed E-state index contributed by atoms with van der Waals surface area (Å²) >= 11 is 2.14. The molecule has 3 aliphatic rings. The van der Waals surface area contributed by atoms with Gasteiger partial charge in [0.1, 0.15) is 0 Å². The molecule has 200 valence electrons. The molecule has 0 radical (unpaired) electrons. The van der Waals surface area contributed by atoms with Crippen LogP contribution in [0.1, 0.15) is 73.8 Å². The minimum Gasteiger partial charge on any atom is -0.427 e. The Morgan fingerprint density at radius 1 is 0.811 bits per heavy atom. The van der Waals surface area contributed by atoms with Crippen molar-refractivity contribution < 1.29 is 19.5 Å². The van der Waals surface area contributed by atoms with Crippen molar-refractivity contribution in [1.29, 1.82) is 0 Å². The Labute approximate surface area is 229 Å². The number of allylic oxidation sites excluding steroid dienone is 5. The van der Waals surface area contributed by atoms with Gasteiger partial charge in [-0.2, -0.15) is 0 Å². The molecule has 4 rings (SSSR count). The van der Waals surface area contributed by atoms with Crippen LogP contribution >= 0.6 is 11.8 Å². The molecule has 0 spiro atoms. The fourth-order valence-corrected chi connectivity index (χ4v) is 6.89. The summed E-state index contributed by atoms with van der Waals surface area (Å²) in [7, 11) is 0.788. The molecule has 7 heteroatoms. The van der Waals surface area contributed by atoms with Crippen LogP contribution < -0.4 is 10.9 Å². The van der Waals surface area contributed by atoms with Crippen molar-refractivity contribution in [3.05, 3.63) is 54.1 Å². The molecule has 2 aliphatic carbocycles. The number of aliphatic hydroxyl groups is 2. The molecular formula is C30H44B2O4S. The fraction of sp³-hybridized carbons (Fsp3) is 0.600. The minimum atomic E-state index is -0.971. The average Bonchev–Trinajstić information content (AvgIpc) is 3.19. The van der Waals surface area contributed by atoms with Crippen LogP contribution in [-0.2, 0) is 9.31 Å². The summed E-state index contributed by atoms with van der Waals surface area (Å²) in [5.41, 5.74) is 1.34. The largest absolute Gasteiger partial charge is 0.427 e. The summed E-state index contributed by atoms with van der Waals surface area (Å²) in [5.74, 6) is 1.13. The van der Waals surface area contributed by atoms with E-state index in [0.29, 0.717) is 37.3 Å². The monoisotopic (exact) mass is 522 g/mol. The van der Waals surface area contributed by atoms with Crippen molar-refractivity contribution in [1.82, 2.24) is 0 Å². The van der Waals surface area contributed by atoms with Crippen molar-refractivity contribution in [3.8, 4) is 0 Å². The Morgan fingerprint density at radius 3 is 1.92 bits per heavy atom. The van der Waals surface area contributed by atoms with Gasteiger partial charge in [-0.15, -0.1) is 11.8 Å². The first kappa shape index (κ1) is 28.8. The van der Waals surface area contributed by atoms with E-state index in [-0.39, 0.29) is 0 Å². The first-order chi connectivity index (χ1) is 17.1. The van der Waals surface area contributed by atoms with E-state index < -0.39 is 22.4 Å². The second kappa shape index (κ2) is 10.4. The Kier molecular flexibility index (Phi) is 8.07. The molecule has 2 N–H and O–H groups in total. The van der Waals surface area contributed by atoms with E-state index in [4.69, 9.17) is 9.31 Å². The van der Waals surface area contributed by atoms with E-state index in [1.807, 2.05) is 27.7 Å². The predicted octanol–water partition coefficient (Wildman–Crippen LogP) is 3.79. The Balaban J connectivity index is 1.64. The highest BCUT2D eigenvalue weighted by molar-refractivity contribution is 8.01. The number of rotatable bonds is 9. The van der Waals surface area contributed by atoms with Crippen LogP contribution in [0, 0.1) is 11.8 Å². The van der Waals surface area contributed by atoms with Crippen LogP contribution in [0.4, 0.5) is 0 Å². The second-order valence-electron chi connectivity index (χ2n) is 13.0. The highest BCUT2D eigenvalue weighted by Gasteiger charge is 2.44. The van der Waals surface area contributed by atoms with Gasteiger partial charge in [0.15, 0.2) is 0 Å². The molecule has 0 saturated carbocycles. The van der Waals surface area contributed by atoms with E-state index in [0.717, 1.165) is 10.9 Å². The highest BCUT2D eigenvalue weighted by Crippen LogP contribution is 2.53. The molecule has 1 fully saturated rings. The molecule has 4 unspecified atom stereocenters. The third-order valence-corrected chi connectivity index (χ3v) is 10.7. The van der Waals surface area contributed by atoms with E-state index in [1.54, 1.807) is 27.7 Å². The number of thioether (sulfide) groups is 1. The molecule has 37 heavy (non-hydrogen) atoms. The molecule has 0 aromatic heterocycles. The van der Waals surface area contributed by atoms with E-state index in [2.05, 4.69) is 60.3 Å². The Morgan fingerprint density at radius 2 is 1.38 bits per heavy atom. The van der Waals surface area contributed by atoms with Gasteiger partial charge in [0.2, 0.25) is 0 Å². The SMILES string of the molecule is CC(C)(O)C(C)(C)OBc1cc(BOC(C)(C)C(C)(C)O)cc(C2=CC=CC3C2SC2CCC=CC23)c1. The van der Waals surface area contributed by atoms with Gasteiger partial charge in [-0.25, -0.2) is 0 Å². The molecule has 0 amide bonds. The lowest BCUT2D eigenvalue weighted by Crippen LogP contribution is -2.50.